The Balaban J connectivity index is 7.69. The van der Waals surface area contributed by atoms with E-state index in [2.05, 4.69) is 0 Å². The first-order valence-corrected chi connectivity index (χ1v) is 10.0. The molecule has 0 radical (unpaired) electrons. The molecule has 0 N–H and O–H groups in total. The molecule has 0 aliphatic rings. The number of carbonyl (C=O) groups excluding carboxylic acids is 1. The van der Waals surface area contributed by atoms with Crippen LogP contribution in [0.5, 0.6) is 0 Å². The number of carbonyl (C=O) groups is 1. The van der Waals surface area contributed by atoms with Gasteiger partial charge in [0, 0.05) is 6.08 Å². The van der Waals surface area contributed by atoms with Gasteiger partial charge in [0.1, 0.15) is 0 Å². The Labute approximate surface area is 240 Å². The lowest BCUT2D eigenvalue weighted by atomic mass is 9.83. The van der Waals surface area contributed by atoms with Crippen LogP contribution >= 0.6 is 0 Å². The number of esters is 1. The second kappa shape index (κ2) is 11.1. The third-order valence-electron chi connectivity index (χ3n) is 5.48. The molecule has 286 valence electrons. The summed E-state index contributed by atoms with van der Waals surface area (Å²) in [5.41, 5.74) is 0. The molecule has 48 heavy (non-hydrogen) atoms. The van der Waals surface area contributed by atoms with Crippen LogP contribution in [0.4, 0.5) is 127 Å². The van der Waals surface area contributed by atoms with Crippen LogP contribution < -0.4 is 0 Å². The van der Waals surface area contributed by atoms with E-state index < -0.39 is 95.4 Å². The largest absolute Gasteiger partial charge is 0.467 e. The molecule has 0 saturated heterocycles. The Morgan fingerprint density at radius 1 is 0.333 bits per heavy atom. The molecule has 0 aliphatic carbocycles. The normalized spacial score (nSPS) is 17.6. The lowest BCUT2D eigenvalue weighted by Crippen LogP contribution is -2.79. The first kappa shape index (κ1) is 45.2. The highest BCUT2D eigenvalue weighted by Gasteiger charge is 3.01. The maximum absolute atomic E-state index is 14.0. The van der Waals surface area contributed by atoms with Gasteiger partial charge in [-0.1, -0.05) is 6.58 Å². The summed E-state index contributed by atoms with van der Waals surface area (Å²) in [4.78, 5) is 10.7. The van der Waals surface area contributed by atoms with Crippen LogP contribution in [0.15, 0.2) is 12.7 Å². The molecule has 0 heterocycles. The average molecular weight is 790 g/mol. The Hall–Kier alpha value is -2.82. The summed E-state index contributed by atoms with van der Waals surface area (Å²) < 4.78 is 389. The van der Waals surface area contributed by atoms with Gasteiger partial charge in [-0.3, -0.25) is 0 Å². The zero-order valence-electron chi connectivity index (χ0n) is 20.6. The van der Waals surface area contributed by atoms with E-state index >= 15 is 0 Å². The Morgan fingerprint density at radius 2 is 0.521 bits per heavy atom. The molecule has 0 amide bonds. The molecule has 0 fully saturated rings. The van der Waals surface area contributed by atoms with Gasteiger partial charge in [0.05, 0.1) is 0 Å². The molecule has 0 saturated carbocycles. The van der Waals surface area contributed by atoms with Crippen molar-refractivity contribution in [3.63, 3.8) is 0 Å². The van der Waals surface area contributed by atoms with Gasteiger partial charge in [0.25, 0.3) is 0 Å². The van der Waals surface area contributed by atoms with E-state index in [1.807, 2.05) is 11.3 Å². The minimum Gasteiger partial charge on any atom is -0.411 e. The van der Waals surface area contributed by atoms with Crippen molar-refractivity contribution in [2.75, 3.05) is 0 Å². The van der Waals surface area contributed by atoms with E-state index in [-0.39, 0.29) is 0 Å². The van der Waals surface area contributed by atoms with E-state index in [0.29, 0.717) is 0 Å². The molecule has 0 aliphatic heterocycles. The summed E-state index contributed by atoms with van der Waals surface area (Å²) in [7, 11) is 0. The highest BCUT2D eigenvalue weighted by atomic mass is 19.4. The standard InChI is InChI=1S/C17H3F29O2/c1-2-3(47)48-15(40,17(44,45)46)13(36,37)11(32,33)9(28,29)7(24,25)5(20,21)4(18,19)6(22,23)8(26,27)10(30,31)12(34,35)14(38,39)16(41,42)43/h2H,1H2. The minimum absolute atomic E-state index is 0.943. The smallest absolute Gasteiger partial charge is 0.411 e. The van der Waals surface area contributed by atoms with Gasteiger partial charge in [-0.25, -0.2) is 4.79 Å². The van der Waals surface area contributed by atoms with Crippen molar-refractivity contribution in [2.24, 2.45) is 0 Å². The second-order valence-corrected chi connectivity index (χ2v) is 8.53. The van der Waals surface area contributed by atoms with Gasteiger partial charge in [0.15, 0.2) is 0 Å². The van der Waals surface area contributed by atoms with Crippen molar-refractivity contribution in [3.8, 4) is 0 Å². The molecule has 0 aromatic rings. The molecule has 0 bridgehead atoms. The minimum atomic E-state index is -9.99. The monoisotopic (exact) mass is 790 g/mol. The predicted octanol–water partition coefficient (Wildman–Crippen LogP) is 9.49. The fourth-order valence-electron chi connectivity index (χ4n) is 2.63. The number of halogens is 29. The van der Waals surface area contributed by atoms with Crippen LogP contribution in [-0.4, -0.2) is 89.3 Å². The highest BCUT2D eigenvalue weighted by molar-refractivity contribution is 5.81. The van der Waals surface area contributed by atoms with Crippen LogP contribution in [-0.2, 0) is 9.53 Å². The number of alkyl halides is 29. The lowest BCUT2D eigenvalue weighted by molar-refractivity contribution is -0.492. The molecule has 0 spiro atoms. The zero-order chi connectivity index (χ0) is 40.0. The first-order chi connectivity index (χ1) is 20.2. The van der Waals surface area contributed by atoms with E-state index in [4.69, 9.17) is 0 Å². The Bertz CT molecular complexity index is 1220. The molecular weight excluding hydrogens is 787 g/mol. The first-order valence-electron chi connectivity index (χ1n) is 10.0. The maximum atomic E-state index is 14.0. The van der Waals surface area contributed by atoms with Crippen LogP contribution in [0.3, 0.4) is 0 Å². The van der Waals surface area contributed by atoms with Gasteiger partial charge < -0.3 is 4.74 Å². The van der Waals surface area contributed by atoms with Crippen LogP contribution in [0.1, 0.15) is 0 Å². The van der Waals surface area contributed by atoms with Crippen LogP contribution in [0.25, 0.3) is 0 Å². The summed E-state index contributed by atoms with van der Waals surface area (Å²) in [6.07, 6.45) is -17.4. The van der Waals surface area contributed by atoms with Crippen molar-refractivity contribution in [1.82, 2.24) is 0 Å². The quantitative estimate of drug-likeness (QED) is 0.106. The van der Waals surface area contributed by atoms with Crippen LogP contribution in [0.2, 0.25) is 0 Å². The summed E-state index contributed by atoms with van der Waals surface area (Å²) in [6, 6.07) is 0. The molecule has 31 heteroatoms. The summed E-state index contributed by atoms with van der Waals surface area (Å²) in [6.45, 7) is 2.00. The zero-order valence-corrected chi connectivity index (χ0v) is 20.6. The Kier molecular flexibility index (Phi) is 10.4. The van der Waals surface area contributed by atoms with Crippen LogP contribution in [0, 0.1) is 0 Å². The summed E-state index contributed by atoms with van der Waals surface area (Å²) in [5, 5.41) is 0. The fraction of sp³-hybridized carbons (Fsp3) is 0.824. The van der Waals surface area contributed by atoms with Gasteiger partial charge in [0.2, 0.25) is 0 Å². The third-order valence-corrected chi connectivity index (χ3v) is 5.48. The van der Waals surface area contributed by atoms with Crippen molar-refractivity contribution in [2.45, 2.75) is 83.4 Å². The van der Waals surface area contributed by atoms with Gasteiger partial charge in [-0.05, 0) is 0 Å². The average Bonchev–Trinajstić information content (AvgIpc) is 2.85. The van der Waals surface area contributed by atoms with E-state index in [0.717, 1.165) is 0 Å². The van der Waals surface area contributed by atoms with E-state index in [1.165, 1.54) is 0 Å². The van der Waals surface area contributed by atoms with E-state index in [1.54, 1.807) is 0 Å². The highest BCUT2D eigenvalue weighted by Crippen LogP contribution is 2.69. The second-order valence-electron chi connectivity index (χ2n) is 8.53. The number of hydrogen-bond acceptors (Lipinski definition) is 2. The maximum Gasteiger partial charge on any atom is 0.467 e. The van der Waals surface area contributed by atoms with E-state index in [9.17, 15) is 132 Å². The molecule has 1 unspecified atom stereocenters. The number of ether oxygens (including phenoxy) is 1. The van der Waals surface area contributed by atoms with Gasteiger partial charge in [-0.15, -0.1) is 0 Å². The van der Waals surface area contributed by atoms with Gasteiger partial charge >= 0.3 is 89.3 Å². The van der Waals surface area contributed by atoms with Crippen molar-refractivity contribution in [1.29, 1.82) is 0 Å². The van der Waals surface area contributed by atoms with Crippen molar-refractivity contribution >= 4 is 5.97 Å². The fourth-order valence-corrected chi connectivity index (χ4v) is 2.63. The Morgan fingerprint density at radius 3 is 0.688 bits per heavy atom. The summed E-state index contributed by atoms with van der Waals surface area (Å²) in [5.74, 6) is -117. The SMILES string of the molecule is C=CC(=O)OC(F)(C(F)(F)F)C(F)(F)C(F)(F)C(F)(F)C(F)(F)C(F)(F)C(F)(F)C(F)(F)C(F)(F)C(F)(F)C(F)(F)C(F)(F)C(F)(F)F. The summed E-state index contributed by atoms with van der Waals surface area (Å²) >= 11 is 0. The molecular formula is C17H3F29O2. The third kappa shape index (κ3) is 5.23. The molecule has 1 atom stereocenters. The van der Waals surface area contributed by atoms with Crippen molar-refractivity contribution < 1.29 is 137 Å². The van der Waals surface area contributed by atoms with Gasteiger partial charge in [-0.2, -0.15) is 127 Å². The number of rotatable bonds is 13. The molecule has 0 aromatic carbocycles. The molecule has 0 rings (SSSR count). The molecule has 0 aromatic heterocycles. The topological polar surface area (TPSA) is 26.3 Å². The predicted molar refractivity (Wildman–Crippen MR) is 86.7 cm³/mol. The lowest BCUT2D eigenvalue weighted by Gasteiger charge is -2.46. The number of hydrogen-bond donors (Lipinski definition) is 0. The molecule has 2 nitrogen and oxygen atoms in total. The van der Waals surface area contributed by atoms with Crippen molar-refractivity contribution in [3.05, 3.63) is 12.7 Å².